The Bertz CT molecular complexity index is 498. The lowest BCUT2D eigenvalue weighted by molar-refractivity contribution is 0.444. The predicted molar refractivity (Wildman–Crippen MR) is 81.3 cm³/mol. The Morgan fingerprint density at radius 3 is 2.05 bits per heavy atom. The number of benzene rings is 2. The summed E-state index contributed by atoms with van der Waals surface area (Å²) in [5.41, 5.74) is 4.35. The van der Waals surface area contributed by atoms with E-state index in [0.717, 1.165) is 5.92 Å². The van der Waals surface area contributed by atoms with E-state index in [0.29, 0.717) is 0 Å². The van der Waals surface area contributed by atoms with Crippen LogP contribution in [0.5, 0.6) is 0 Å². The van der Waals surface area contributed by atoms with Crippen molar-refractivity contribution >= 4 is 0 Å². The molecule has 1 heteroatoms. The molecule has 1 nitrogen and oxygen atoms in total. The van der Waals surface area contributed by atoms with Gasteiger partial charge in [-0.25, -0.2) is 0 Å². The average molecular weight is 254 g/mol. The number of hydrogen-bond donors (Lipinski definition) is 0. The highest BCUT2D eigenvalue weighted by atomic mass is 16.0. The first-order chi connectivity index (χ1) is 8.95. The normalized spacial score (nSPS) is 15.8. The van der Waals surface area contributed by atoms with Crippen LogP contribution >= 0.6 is 0 Å². The highest BCUT2D eigenvalue weighted by Gasteiger charge is 2.18. The van der Waals surface area contributed by atoms with Crippen LogP contribution in [-0.2, 0) is 0 Å². The van der Waals surface area contributed by atoms with E-state index in [-0.39, 0.29) is 5.48 Å². The molecule has 0 saturated heterocycles. The molecule has 0 aliphatic heterocycles. The lowest BCUT2D eigenvalue weighted by atomic mass is 9.81. The monoisotopic (exact) mass is 254 g/mol. The van der Waals surface area contributed by atoms with Crippen molar-refractivity contribution in [3.05, 3.63) is 60.2 Å². The van der Waals surface area contributed by atoms with Crippen molar-refractivity contribution in [1.82, 2.24) is 0 Å². The molecule has 3 rings (SSSR count). The van der Waals surface area contributed by atoms with E-state index >= 15 is 0 Å². The van der Waals surface area contributed by atoms with Gasteiger partial charge in [-0.1, -0.05) is 73.9 Å². The van der Waals surface area contributed by atoms with Gasteiger partial charge in [-0.3, -0.25) is 0 Å². The third kappa shape index (κ3) is 3.05. The molecule has 100 valence electrons. The van der Waals surface area contributed by atoms with Gasteiger partial charge in [0.05, 0.1) is 0 Å². The number of hydrogen-bond acceptors (Lipinski definition) is 0. The van der Waals surface area contributed by atoms with Crippen LogP contribution in [0.2, 0.25) is 0 Å². The molecule has 1 aliphatic rings. The van der Waals surface area contributed by atoms with Crippen LogP contribution < -0.4 is 0 Å². The fourth-order valence-electron chi connectivity index (χ4n) is 3.15. The molecular weight excluding hydrogens is 232 g/mol. The molecule has 0 radical (unpaired) electrons. The van der Waals surface area contributed by atoms with Crippen molar-refractivity contribution in [3.63, 3.8) is 0 Å². The van der Waals surface area contributed by atoms with Gasteiger partial charge in [0, 0.05) is 0 Å². The zero-order valence-electron chi connectivity index (χ0n) is 11.3. The molecule has 0 bridgehead atoms. The lowest BCUT2D eigenvalue weighted by Crippen LogP contribution is -2.05. The summed E-state index contributed by atoms with van der Waals surface area (Å²) >= 11 is 0. The second kappa shape index (κ2) is 6.53. The summed E-state index contributed by atoms with van der Waals surface area (Å²) in [6, 6.07) is 19.8. The van der Waals surface area contributed by atoms with Crippen LogP contribution in [0, 0.1) is 0 Å². The molecule has 0 amide bonds. The molecule has 0 spiro atoms. The molecule has 1 fully saturated rings. The van der Waals surface area contributed by atoms with E-state index in [9.17, 15) is 0 Å². The quantitative estimate of drug-likeness (QED) is 0.751. The van der Waals surface area contributed by atoms with E-state index < -0.39 is 0 Å². The highest BCUT2D eigenvalue weighted by Crippen LogP contribution is 2.37. The molecule has 0 heterocycles. The zero-order chi connectivity index (χ0) is 12.2. The fraction of sp³-hybridized carbons (Fsp3) is 0.333. The summed E-state index contributed by atoms with van der Waals surface area (Å²) in [5, 5.41) is 0. The van der Waals surface area contributed by atoms with Crippen molar-refractivity contribution < 1.29 is 5.48 Å². The molecular formula is C18H22O. The Morgan fingerprint density at radius 2 is 1.32 bits per heavy atom. The summed E-state index contributed by atoms with van der Waals surface area (Å²) in [7, 11) is 0. The fourth-order valence-corrected chi connectivity index (χ4v) is 3.15. The van der Waals surface area contributed by atoms with Gasteiger partial charge >= 0.3 is 0 Å². The molecule has 0 atom stereocenters. The van der Waals surface area contributed by atoms with Crippen molar-refractivity contribution in [2.45, 2.75) is 38.0 Å². The third-order valence-corrected chi connectivity index (χ3v) is 4.09. The smallest absolute Gasteiger partial charge is 0.0149 e. The molecule has 2 N–H and O–H groups in total. The summed E-state index contributed by atoms with van der Waals surface area (Å²) < 4.78 is 0. The lowest BCUT2D eigenvalue weighted by Gasteiger charge is -2.24. The minimum atomic E-state index is 0. The summed E-state index contributed by atoms with van der Waals surface area (Å²) in [4.78, 5) is 0. The molecule has 1 aliphatic carbocycles. The zero-order valence-corrected chi connectivity index (χ0v) is 11.3. The molecule has 0 unspecified atom stereocenters. The largest absolute Gasteiger partial charge is 0.412 e. The van der Waals surface area contributed by atoms with Gasteiger partial charge in [-0.05, 0) is 35.4 Å². The Morgan fingerprint density at radius 1 is 0.684 bits per heavy atom. The van der Waals surface area contributed by atoms with Gasteiger partial charge in [0.2, 0.25) is 0 Å². The van der Waals surface area contributed by atoms with E-state index in [4.69, 9.17) is 0 Å². The van der Waals surface area contributed by atoms with Gasteiger partial charge in [0.25, 0.3) is 0 Å². The van der Waals surface area contributed by atoms with Gasteiger partial charge in [0.15, 0.2) is 0 Å². The average Bonchev–Trinajstić information content (AvgIpc) is 2.49. The van der Waals surface area contributed by atoms with Crippen molar-refractivity contribution in [1.29, 1.82) is 0 Å². The second-order valence-electron chi connectivity index (χ2n) is 5.29. The van der Waals surface area contributed by atoms with Crippen LogP contribution in [0.15, 0.2) is 54.6 Å². The van der Waals surface area contributed by atoms with Gasteiger partial charge in [-0.2, -0.15) is 0 Å². The van der Waals surface area contributed by atoms with Gasteiger partial charge in [0.1, 0.15) is 0 Å². The van der Waals surface area contributed by atoms with Crippen LogP contribution in [0.25, 0.3) is 11.1 Å². The van der Waals surface area contributed by atoms with E-state index in [1.807, 2.05) is 0 Å². The molecule has 19 heavy (non-hydrogen) atoms. The van der Waals surface area contributed by atoms with Crippen LogP contribution in [0.3, 0.4) is 0 Å². The summed E-state index contributed by atoms with van der Waals surface area (Å²) in [6.07, 6.45) is 6.94. The molecule has 2 aromatic rings. The maximum absolute atomic E-state index is 2.33. The summed E-state index contributed by atoms with van der Waals surface area (Å²) in [5.74, 6) is 0.773. The Balaban J connectivity index is 0.00000133. The molecule has 1 saturated carbocycles. The minimum absolute atomic E-state index is 0. The van der Waals surface area contributed by atoms with Crippen LogP contribution in [-0.4, -0.2) is 5.48 Å². The standard InChI is InChI=1S/C18H20.H2O/c1-3-9-15(10-4-1)17-13-7-8-14-18(17)16-11-5-2-6-12-16;/h1,3-4,7-10,13-14,16H,2,5-6,11-12H2;1H2. The van der Waals surface area contributed by atoms with Crippen molar-refractivity contribution in [2.24, 2.45) is 0 Å². The van der Waals surface area contributed by atoms with Gasteiger partial charge < -0.3 is 5.48 Å². The van der Waals surface area contributed by atoms with Crippen molar-refractivity contribution in [2.75, 3.05) is 0 Å². The van der Waals surface area contributed by atoms with Crippen LogP contribution in [0.1, 0.15) is 43.6 Å². The maximum atomic E-state index is 2.33. The third-order valence-electron chi connectivity index (χ3n) is 4.09. The minimum Gasteiger partial charge on any atom is -0.412 e. The predicted octanol–water partition coefficient (Wildman–Crippen LogP) is 4.58. The first kappa shape index (κ1) is 13.8. The summed E-state index contributed by atoms with van der Waals surface area (Å²) in [6.45, 7) is 0. The first-order valence-electron chi connectivity index (χ1n) is 7.09. The maximum Gasteiger partial charge on any atom is -0.0149 e. The van der Waals surface area contributed by atoms with E-state index in [2.05, 4.69) is 54.6 Å². The first-order valence-corrected chi connectivity index (χ1v) is 7.09. The Hall–Kier alpha value is -1.60. The topological polar surface area (TPSA) is 31.5 Å². The molecule has 0 aromatic heterocycles. The van der Waals surface area contributed by atoms with E-state index in [1.54, 1.807) is 5.56 Å². The Kier molecular flexibility index (Phi) is 4.75. The second-order valence-corrected chi connectivity index (χ2v) is 5.29. The Labute approximate surface area is 115 Å². The van der Waals surface area contributed by atoms with Crippen molar-refractivity contribution in [3.8, 4) is 11.1 Å². The van der Waals surface area contributed by atoms with E-state index in [1.165, 1.54) is 43.2 Å². The highest BCUT2D eigenvalue weighted by molar-refractivity contribution is 5.68. The van der Waals surface area contributed by atoms with Gasteiger partial charge in [-0.15, -0.1) is 0 Å². The van der Waals surface area contributed by atoms with Crippen LogP contribution in [0.4, 0.5) is 0 Å². The SMILES string of the molecule is O.c1ccc(-c2ccccc2C2CCCCC2)cc1. The number of rotatable bonds is 2. The molecule has 2 aromatic carbocycles.